The number of amides is 1. The zero-order valence-corrected chi connectivity index (χ0v) is 20.5. The third-order valence-electron chi connectivity index (χ3n) is 4.87. The molecule has 0 fully saturated rings. The number of quaternary nitrogens is 1. The molecular weight excluding hydrogens is 334 g/mol. The Balaban J connectivity index is -0.000000247. The van der Waals surface area contributed by atoms with Crippen LogP contribution in [0.4, 0.5) is 4.79 Å². The number of rotatable bonds is 8. The summed E-state index contributed by atoms with van der Waals surface area (Å²) in [7, 11) is 1.99. The van der Waals surface area contributed by atoms with E-state index in [4.69, 9.17) is 4.74 Å². The minimum absolute atomic E-state index is 0.0999. The average molecular weight is 387 g/mol. The second kappa shape index (κ2) is 19.7. The number of carbonyl (C=O) groups excluding carboxylic acids is 1. The molecule has 3 nitrogen and oxygen atoms in total. The highest BCUT2D eigenvalue weighted by molar-refractivity contribution is 5.60. The van der Waals surface area contributed by atoms with Gasteiger partial charge in [-0.2, -0.15) is 4.79 Å². The van der Waals surface area contributed by atoms with Gasteiger partial charge in [-0.1, -0.05) is 53.9 Å². The maximum absolute atomic E-state index is 12.5. The number of ether oxygens (including phenoxy) is 1. The molecule has 0 saturated heterocycles. The summed E-state index contributed by atoms with van der Waals surface area (Å²) in [6.07, 6.45) is 5.90. The minimum atomic E-state index is -0.374. The summed E-state index contributed by atoms with van der Waals surface area (Å²) in [5.74, 6) is 0.523. The molecule has 0 N–H and O–H groups in total. The first-order valence-corrected chi connectivity index (χ1v) is 10.6. The Morgan fingerprint density at radius 1 is 0.963 bits per heavy atom. The van der Waals surface area contributed by atoms with Gasteiger partial charge in [0.05, 0.1) is 19.6 Å². The van der Waals surface area contributed by atoms with Gasteiger partial charge in [0, 0.05) is 5.92 Å². The third-order valence-corrected chi connectivity index (χ3v) is 4.87. The van der Waals surface area contributed by atoms with Crippen LogP contribution in [-0.2, 0) is 4.74 Å². The first-order valence-electron chi connectivity index (χ1n) is 10.6. The number of hydrogen-bond donors (Lipinski definition) is 0. The van der Waals surface area contributed by atoms with Crippen molar-refractivity contribution < 1.29 is 14.0 Å². The zero-order chi connectivity index (χ0) is 22.7. The Bertz CT molecular complexity index is 335. The van der Waals surface area contributed by atoms with Gasteiger partial charge in [0.25, 0.3) is 0 Å². The molecule has 3 heteroatoms. The van der Waals surface area contributed by atoms with E-state index in [2.05, 4.69) is 67.9 Å². The van der Waals surface area contributed by atoms with Crippen LogP contribution in [0.1, 0.15) is 94.4 Å². The van der Waals surface area contributed by atoms with Crippen LogP contribution in [0.3, 0.4) is 0 Å². The van der Waals surface area contributed by atoms with E-state index >= 15 is 0 Å². The Hall–Kier alpha value is -1.09. The second-order valence-electron chi connectivity index (χ2n) is 7.89. The predicted molar refractivity (Wildman–Crippen MR) is 124 cm³/mol. The first kappa shape index (κ1) is 33.5. The molecule has 0 spiro atoms. The Morgan fingerprint density at radius 3 is 1.59 bits per heavy atom. The van der Waals surface area contributed by atoms with E-state index in [0.29, 0.717) is 10.4 Å². The molecule has 0 aliphatic rings. The van der Waals surface area contributed by atoms with Gasteiger partial charge in [0.2, 0.25) is 0 Å². The second-order valence-corrected chi connectivity index (χ2v) is 7.89. The molecule has 0 aliphatic heterocycles. The molecule has 1 amide bonds. The van der Waals surface area contributed by atoms with Gasteiger partial charge in [0.1, 0.15) is 5.60 Å². The molecule has 164 valence electrons. The number of unbranched alkanes of at least 4 members (excludes halogenated alkanes) is 2. The third kappa shape index (κ3) is 16.8. The highest BCUT2D eigenvalue weighted by Crippen LogP contribution is 2.23. The van der Waals surface area contributed by atoms with Crippen molar-refractivity contribution in [1.29, 1.82) is 0 Å². The van der Waals surface area contributed by atoms with Gasteiger partial charge in [-0.05, 0) is 40.5 Å². The lowest BCUT2D eigenvalue weighted by atomic mass is 10.1. The molecule has 27 heavy (non-hydrogen) atoms. The monoisotopic (exact) mass is 386 g/mol. The van der Waals surface area contributed by atoms with E-state index in [0.717, 1.165) is 19.4 Å². The molecular formula is C24H52NO2+. The first-order chi connectivity index (χ1) is 12.5. The summed E-state index contributed by atoms with van der Waals surface area (Å²) in [4.78, 5) is 12.5. The van der Waals surface area contributed by atoms with Gasteiger partial charge >= 0.3 is 6.09 Å². The molecule has 2 atom stereocenters. The maximum Gasteiger partial charge on any atom is 0.516 e. The fourth-order valence-corrected chi connectivity index (χ4v) is 2.04. The highest BCUT2D eigenvalue weighted by atomic mass is 16.6. The summed E-state index contributed by atoms with van der Waals surface area (Å²) in [6.45, 7) is 31.8. The van der Waals surface area contributed by atoms with Gasteiger partial charge < -0.3 is 4.74 Å². The van der Waals surface area contributed by atoms with Crippen molar-refractivity contribution in [1.82, 2.24) is 0 Å². The van der Waals surface area contributed by atoms with Crippen molar-refractivity contribution >= 4 is 6.09 Å². The Labute approximate surface area is 172 Å². The average Bonchev–Trinajstić information content (AvgIpc) is 2.65. The van der Waals surface area contributed by atoms with Gasteiger partial charge in [-0.25, -0.2) is 4.48 Å². The quantitative estimate of drug-likeness (QED) is 0.312. The molecule has 0 bridgehead atoms. The smallest absolute Gasteiger partial charge is 0.414 e. The molecule has 0 radical (unpaired) electrons. The number of carbonyl (C=O) groups is 1. The SMILES string of the molecule is C=C.C=C.CCCCC.CC[C@@H](C)C[N+](C)(C(=O)OC(C)(C)CC)C(C)C. The van der Waals surface area contributed by atoms with Crippen molar-refractivity contribution in [3.8, 4) is 0 Å². The number of nitrogens with zero attached hydrogens (tertiary/aromatic N) is 1. The van der Waals surface area contributed by atoms with E-state index in [1.807, 2.05) is 27.8 Å². The van der Waals surface area contributed by atoms with Crippen molar-refractivity contribution in [3.05, 3.63) is 26.3 Å². The lowest BCUT2D eigenvalue weighted by Crippen LogP contribution is -2.57. The fraction of sp³-hybridized carbons (Fsp3) is 0.792. The van der Waals surface area contributed by atoms with E-state index in [-0.39, 0.29) is 17.7 Å². The number of hydrogen-bond acceptors (Lipinski definition) is 2. The molecule has 0 aromatic carbocycles. The fourth-order valence-electron chi connectivity index (χ4n) is 2.04. The van der Waals surface area contributed by atoms with E-state index < -0.39 is 0 Å². The largest absolute Gasteiger partial charge is 0.516 e. The molecule has 0 saturated carbocycles. The van der Waals surface area contributed by atoms with Crippen molar-refractivity contribution in [2.24, 2.45) is 5.92 Å². The van der Waals surface area contributed by atoms with Crippen LogP contribution in [0.25, 0.3) is 0 Å². The highest BCUT2D eigenvalue weighted by Gasteiger charge is 2.40. The molecule has 0 heterocycles. The Kier molecular flexibility index (Phi) is 24.4. The summed E-state index contributed by atoms with van der Waals surface area (Å²) < 4.78 is 6.05. The summed E-state index contributed by atoms with van der Waals surface area (Å²) in [5, 5.41) is 0. The summed E-state index contributed by atoms with van der Waals surface area (Å²) >= 11 is 0. The maximum atomic E-state index is 12.5. The van der Waals surface area contributed by atoms with Crippen LogP contribution in [-0.4, -0.2) is 35.8 Å². The Morgan fingerprint density at radius 2 is 1.37 bits per heavy atom. The lowest BCUT2D eigenvalue weighted by Gasteiger charge is -2.38. The van der Waals surface area contributed by atoms with Gasteiger partial charge in [0.15, 0.2) is 0 Å². The summed E-state index contributed by atoms with van der Waals surface area (Å²) in [5.41, 5.74) is -0.374. The molecule has 0 aromatic rings. The molecule has 0 aliphatic carbocycles. The van der Waals surface area contributed by atoms with Crippen LogP contribution in [0, 0.1) is 5.92 Å². The predicted octanol–water partition coefficient (Wildman–Crippen LogP) is 8.01. The van der Waals surface area contributed by atoms with E-state index in [1.54, 1.807) is 0 Å². The molecule has 0 aromatic heterocycles. The minimum Gasteiger partial charge on any atom is -0.414 e. The van der Waals surface area contributed by atoms with Crippen LogP contribution in [0.5, 0.6) is 0 Å². The van der Waals surface area contributed by atoms with Gasteiger partial charge in [-0.3, -0.25) is 0 Å². The van der Waals surface area contributed by atoms with Crippen LogP contribution < -0.4 is 0 Å². The van der Waals surface area contributed by atoms with Crippen LogP contribution in [0.2, 0.25) is 0 Å². The van der Waals surface area contributed by atoms with Crippen LogP contribution in [0.15, 0.2) is 26.3 Å². The van der Waals surface area contributed by atoms with E-state index in [9.17, 15) is 4.79 Å². The van der Waals surface area contributed by atoms with Crippen LogP contribution >= 0.6 is 0 Å². The molecule has 0 rings (SSSR count). The van der Waals surface area contributed by atoms with Crippen molar-refractivity contribution in [2.45, 2.75) is 106 Å². The zero-order valence-electron chi connectivity index (χ0n) is 20.5. The topological polar surface area (TPSA) is 26.3 Å². The lowest BCUT2D eigenvalue weighted by molar-refractivity contribution is -0.863. The summed E-state index contributed by atoms with van der Waals surface area (Å²) in [6, 6.07) is 0.235. The normalized spacial score (nSPS) is 13.4. The van der Waals surface area contributed by atoms with Crippen molar-refractivity contribution in [3.63, 3.8) is 0 Å². The van der Waals surface area contributed by atoms with Gasteiger partial charge in [-0.15, -0.1) is 26.3 Å². The van der Waals surface area contributed by atoms with Crippen molar-refractivity contribution in [2.75, 3.05) is 13.6 Å². The van der Waals surface area contributed by atoms with E-state index in [1.165, 1.54) is 19.3 Å². The molecule has 1 unspecified atom stereocenters. The standard InChI is InChI=1S/C15H32NO2.C5H12.2C2H4/c1-9-13(5)11-16(8,12(3)4)14(17)18-15(6,7)10-2;1-3-5-4-2;2*1-2/h12-13H,9-11H2,1-8H3;3-5H2,1-2H3;2*1-2H2/q+1;;;/t13-,16?;;;/m1.../s1.